The van der Waals surface area contributed by atoms with Crippen LogP contribution in [0.2, 0.25) is 10.0 Å². The molecule has 1 fully saturated rings. The molecule has 0 bridgehead atoms. The van der Waals surface area contributed by atoms with Gasteiger partial charge in [-0.05, 0) is 113 Å². The van der Waals surface area contributed by atoms with E-state index in [9.17, 15) is 24.3 Å². The quantitative estimate of drug-likeness (QED) is 0.0622. The minimum absolute atomic E-state index is 0.112. The summed E-state index contributed by atoms with van der Waals surface area (Å²) in [7, 11) is 7.45. The largest absolute Gasteiger partial charge is 0.481 e. The van der Waals surface area contributed by atoms with E-state index in [2.05, 4.69) is 35.4 Å². The zero-order chi connectivity index (χ0) is 48.3. The molecular formula is C50H60Cl2N8O7. The van der Waals surface area contributed by atoms with Gasteiger partial charge in [-0.2, -0.15) is 0 Å². The standard InChI is InChI=1S/C50H60Cl2N8O7/c1-32-9-7-10-40(55-32)23-37(24-46(61)62)49(65)60-22-8-21-50(31-60,26-34-11-16-38(51)17-12-34)57-48(64)42(30-66-6)56-47(63)33(2)53-27-36-13-18-39(52)25-44(36)67-41-19-14-35(15-20-41)43-28-54-45(59(43)5)29-58(3)4/h7,9-20,25,28,33,37,42,53H,8,21-24,26-27,29-31H2,1-6H3,(H,56,63)(H,57,64)(H,61,62)/t33?,37?,42?,50-/m1/s1. The molecule has 0 radical (unpaired) electrons. The van der Waals surface area contributed by atoms with Gasteiger partial charge in [-0.3, -0.25) is 24.2 Å². The van der Waals surface area contributed by atoms with Crippen LogP contribution in [0, 0.1) is 12.8 Å². The van der Waals surface area contributed by atoms with E-state index in [4.69, 9.17) is 32.7 Å². The number of halogens is 2. The predicted octanol–water partition coefficient (Wildman–Crippen LogP) is 6.61. The van der Waals surface area contributed by atoms with Crippen molar-refractivity contribution >= 4 is 46.9 Å². The number of imidazole rings is 1. The molecule has 2 aromatic heterocycles. The van der Waals surface area contributed by atoms with Crippen LogP contribution in [-0.4, -0.2) is 112 Å². The van der Waals surface area contributed by atoms with Gasteiger partial charge in [-0.1, -0.05) is 47.5 Å². The number of aryl methyl sites for hydroxylation is 1. The van der Waals surface area contributed by atoms with Crippen molar-refractivity contribution in [3.05, 3.63) is 130 Å². The van der Waals surface area contributed by atoms with Crippen LogP contribution < -0.4 is 20.7 Å². The van der Waals surface area contributed by atoms with Crippen LogP contribution in [0.3, 0.4) is 0 Å². The van der Waals surface area contributed by atoms with Crippen molar-refractivity contribution in [3.8, 4) is 22.8 Å². The number of aliphatic carboxylic acids is 1. The van der Waals surface area contributed by atoms with Gasteiger partial charge in [-0.15, -0.1) is 0 Å². The number of carbonyl (C=O) groups excluding carboxylic acids is 3. The number of nitrogens with zero attached hydrogens (tertiary/aromatic N) is 5. The van der Waals surface area contributed by atoms with Gasteiger partial charge in [0.25, 0.3) is 0 Å². The normalized spacial score (nSPS) is 16.3. The van der Waals surface area contributed by atoms with E-state index < -0.39 is 41.3 Å². The molecule has 4 atom stereocenters. The van der Waals surface area contributed by atoms with E-state index in [1.165, 1.54) is 7.11 Å². The second kappa shape index (κ2) is 23.3. The lowest BCUT2D eigenvalue weighted by Gasteiger charge is -2.45. The topological polar surface area (TPSA) is 180 Å². The van der Waals surface area contributed by atoms with Crippen LogP contribution in [0.5, 0.6) is 11.5 Å². The Bertz CT molecular complexity index is 2500. The number of aromatic nitrogens is 3. The van der Waals surface area contributed by atoms with Gasteiger partial charge in [0.2, 0.25) is 17.7 Å². The molecule has 67 heavy (non-hydrogen) atoms. The maximum atomic E-state index is 14.4. The number of methoxy groups -OCH3 is 1. The average molecular weight is 956 g/mol. The molecule has 0 aliphatic carbocycles. The molecule has 3 aromatic carbocycles. The van der Waals surface area contributed by atoms with Crippen LogP contribution >= 0.6 is 23.2 Å². The average Bonchev–Trinajstić information content (AvgIpc) is 3.64. The highest BCUT2D eigenvalue weighted by molar-refractivity contribution is 6.31. The lowest BCUT2D eigenvalue weighted by molar-refractivity contribution is -0.146. The van der Waals surface area contributed by atoms with Crippen molar-refractivity contribution < 1.29 is 33.8 Å². The maximum absolute atomic E-state index is 14.4. The van der Waals surface area contributed by atoms with E-state index in [-0.39, 0.29) is 38.4 Å². The highest BCUT2D eigenvalue weighted by Gasteiger charge is 2.42. The number of hydrogen-bond acceptors (Lipinski definition) is 10. The number of benzene rings is 3. The lowest BCUT2D eigenvalue weighted by atomic mass is 9.82. The molecular weight excluding hydrogens is 896 g/mol. The summed E-state index contributed by atoms with van der Waals surface area (Å²) in [5.74, 6) is -1.16. The summed E-state index contributed by atoms with van der Waals surface area (Å²) in [6, 6.07) is 23.9. The van der Waals surface area contributed by atoms with E-state index in [0.717, 1.165) is 40.4 Å². The Morgan fingerprint density at radius 1 is 0.970 bits per heavy atom. The van der Waals surface area contributed by atoms with Crippen molar-refractivity contribution in [3.63, 3.8) is 0 Å². The predicted molar refractivity (Wildman–Crippen MR) is 258 cm³/mol. The summed E-state index contributed by atoms with van der Waals surface area (Å²) in [5.41, 5.74) is 4.00. The number of carbonyl (C=O) groups is 4. The fraction of sp³-hybridized carbons (Fsp3) is 0.400. The Kier molecular flexibility index (Phi) is 17.5. The number of piperidine rings is 1. The number of amides is 3. The molecule has 1 aliphatic rings. The minimum Gasteiger partial charge on any atom is -0.481 e. The number of ether oxygens (including phenoxy) is 2. The third-order valence-corrected chi connectivity index (χ3v) is 12.3. The molecule has 0 saturated carbocycles. The second-order valence-electron chi connectivity index (χ2n) is 17.6. The molecule has 1 aliphatic heterocycles. The summed E-state index contributed by atoms with van der Waals surface area (Å²) in [4.78, 5) is 67.2. The molecule has 6 rings (SSSR count). The summed E-state index contributed by atoms with van der Waals surface area (Å²) < 4.78 is 13.8. The van der Waals surface area contributed by atoms with Crippen LogP contribution in [0.15, 0.2) is 91.1 Å². The highest BCUT2D eigenvalue weighted by atomic mass is 35.5. The summed E-state index contributed by atoms with van der Waals surface area (Å²) >= 11 is 12.7. The third-order valence-electron chi connectivity index (χ3n) is 11.8. The molecule has 15 nitrogen and oxygen atoms in total. The van der Waals surface area contributed by atoms with Crippen molar-refractivity contribution in [1.29, 1.82) is 0 Å². The SMILES string of the molecule is COCC(NC(=O)C(C)NCc1ccc(Cl)cc1Oc1ccc(-c2cnc(CN(C)C)n2C)cc1)C(=O)N[C@@]1(Cc2ccc(Cl)cc2)CCCN(C(=O)C(CC(=O)O)Cc2cccc(C)n2)C1. The fourth-order valence-corrected chi connectivity index (χ4v) is 8.66. The van der Waals surface area contributed by atoms with Gasteiger partial charge in [0, 0.05) is 72.8 Å². The molecule has 4 N–H and O–H groups in total. The first-order chi connectivity index (χ1) is 32.0. The number of likely N-dealkylation sites (tertiary alicyclic amines) is 1. The van der Waals surface area contributed by atoms with E-state index in [1.807, 2.05) is 88.9 Å². The first kappa shape index (κ1) is 50.6. The van der Waals surface area contributed by atoms with Crippen molar-refractivity contribution in [2.45, 2.75) is 76.7 Å². The monoisotopic (exact) mass is 954 g/mol. The van der Waals surface area contributed by atoms with Crippen molar-refractivity contribution in [2.24, 2.45) is 13.0 Å². The Morgan fingerprint density at radius 2 is 1.70 bits per heavy atom. The number of nitrogens with one attached hydrogen (secondary N) is 3. The molecule has 3 amide bonds. The van der Waals surface area contributed by atoms with E-state index in [1.54, 1.807) is 42.2 Å². The summed E-state index contributed by atoms with van der Waals surface area (Å²) in [5, 5.41) is 20.2. The molecule has 0 spiro atoms. The number of carboxylic acids is 1. The van der Waals surface area contributed by atoms with Gasteiger partial charge in [-0.25, -0.2) is 4.98 Å². The van der Waals surface area contributed by atoms with Crippen LogP contribution in [0.4, 0.5) is 0 Å². The van der Waals surface area contributed by atoms with Gasteiger partial charge >= 0.3 is 5.97 Å². The van der Waals surface area contributed by atoms with Gasteiger partial charge < -0.3 is 44.9 Å². The second-order valence-corrected chi connectivity index (χ2v) is 18.4. The number of hydrogen-bond donors (Lipinski definition) is 4. The minimum atomic E-state index is -1.09. The Balaban J connectivity index is 1.13. The third kappa shape index (κ3) is 14.1. The van der Waals surface area contributed by atoms with Gasteiger partial charge in [0.15, 0.2) is 0 Å². The lowest BCUT2D eigenvalue weighted by Crippen LogP contribution is -2.65. The summed E-state index contributed by atoms with van der Waals surface area (Å²) in [6.45, 7) is 4.86. The Morgan fingerprint density at radius 3 is 2.39 bits per heavy atom. The zero-order valence-electron chi connectivity index (χ0n) is 38.9. The smallest absolute Gasteiger partial charge is 0.304 e. The fourth-order valence-electron chi connectivity index (χ4n) is 8.37. The first-order valence-electron chi connectivity index (χ1n) is 22.3. The number of rotatable bonds is 21. The number of carboxylic acid groups (broad SMARTS) is 1. The molecule has 17 heteroatoms. The van der Waals surface area contributed by atoms with Crippen LogP contribution in [0.1, 0.15) is 54.5 Å². The molecule has 3 heterocycles. The molecule has 356 valence electrons. The molecule has 1 saturated heterocycles. The van der Waals surface area contributed by atoms with Gasteiger partial charge in [0.1, 0.15) is 23.4 Å². The molecule has 3 unspecified atom stereocenters. The zero-order valence-corrected chi connectivity index (χ0v) is 40.4. The van der Waals surface area contributed by atoms with E-state index in [0.29, 0.717) is 53.0 Å². The Hall–Kier alpha value is -5.84. The maximum Gasteiger partial charge on any atom is 0.304 e. The number of pyridine rings is 1. The van der Waals surface area contributed by atoms with Crippen molar-refractivity contribution in [2.75, 3.05) is 40.9 Å². The highest BCUT2D eigenvalue weighted by Crippen LogP contribution is 2.32. The van der Waals surface area contributed by atoms with Crippen LogP contribution in [0.25, 0.3) is 11.3 Å². The van der Waals surface area contributed by atoms with Crippen molar-refractivity contribution in [1.82, 2.24) is 40.3 Å². The molecule has 5 aromatic rings. The van der Waals surface area contributed by atoms with E-state index >= 15 is 0 Å². The van der Waals surface area contributed by atoms with Gasteiger partial charge in [0.05, 0.1) is 49.0 Å². The van der Waals surface area contributed by atoms with Crippen LogP contribution in [-0.2, 0) is 56.9 Å². The Labute approximate surface area is 402 Å². The first-order valence-corrected chi connectivity index (χ1v) is 23.0. The summed E-state index contributed by atoms with van der Waals surface area (Å²) in [6.07, 6.45) is 3.03.